The van der Waals surface area contributed by atoms with Crippen molar-refractivity contribution in [1.29, 1.82) is 0 Å². The maximum Gasteiger partial charge on any atom is 0.410 e. The molecule has 7 heteroatoms. The minimum atomic E-state index is -0.515. The molecule has 28 heavy (non-hydrogen) atoms. The van der Waals surface area contributed by atoms with Gasteiger partial charge in [-0.3, -0.25) is 0 Å². The molecule has 150 valence electrons. The fraction of sp³-hybridized carbons (Fsp3) is 0.429. The summed E-state index contributed by atoms with van der Waals surface area (Å²) in [6.45, 7) is 6.65. The zero-order chi connectivity index (χ0) is 20.3. The van der Waals surface area contributed by atoms with Gasteiger partial charge in [-0.25, -0.2) is 9.78 Å². The zero-order valence-corrected chi connectivity index (χ0v) is 17.8. The van der Waals surface area contributed by atoms with Crippen molar-refractivity contribution >= 4 is 29.3 Å². The van der Waals surface area contributed by atoms with Gasteiger partial charge in [-0.05, 0) is 57.4 Å². The lowest BCUT2D eigenvalue weighted by Crippen LogP contribution is -2.42. The van der Waals surface area contributed by atoms with E-state index in [1.165, 1.54) is 0 Å². The van der Waals surface area contributed by atoms with Gasteiger partial charge in [0.05, 0.1) is 12.2 Å². The molecular formula is C21H24Cl2N2O3. The summed E-state index contributed by atoms with van der Waals surface area (Å²) in [6, 6.07) is 9.21. The maximum absolute atomic E-state index is 12.4. The highest BCUT2D eigenvalue weighted by Crippen LogP contribution is 2.31. The highest BCUT2D eigenvalue weighted by atomic mass is 35.5. The molecule has 0 N–H and O–H groups in total. The second kappa shape index (κ2) is 8.58. The zero-order valence-electron chi connectivity index (χ0n) is 16.2. The van der Waals surface area contributed by atoms with Crippen LogP contribution in [0.15, 0.2) is 36.5 Å². The van der Waals surface area contributed by atoms with Crippen LogP contribution < -0.4 is 4.74 Å². The van der Waals surface area contributed by atoms with Crippen LogP contribution in [0, 0.1) is 0 Å². The fourth-order valence-corrected chi connectivity index (χ4v) is 3.44. The quantitative estimate of drug-likeness (QED) is 0.581. The molecule has 3 rings (SSSR count). The number of hydrogen-bond donors (Lipinski definition) is 0. The van der Waals surface area contributed by atoms with E-state index in [9.17, 15) is 4.79 Å². The molecule has 2 aromatic rings. The molecular weight excluding hydrogens is 399 g/mol. The summed E-state index contributed by atoms with van der Waals surface area (Å²) in [4.78, 5) is 18.4. The summed E-state index contributed by atoms with van der Waals surface area (Å²) >= 11 is 12.2. The van der Waals surface area contributed by atoms with Crippen LogP contribution in [0.3, 0.4) is 0 Å². The Hall–Kier alpha value is -1.98. The number of aromatic nitrogens is 1. The molecule has 1 saturated heterocycles. The van der Waals surface area contributed by atoms with Gasteiger partial charge >= 0.3 is 6.09 Å². The summed E-state index contributed by atoms with van der Waals surface area (Å²) in [5.41, 5.74) is 1.16. The Kier molecular flexibility index (Phi) is 6.36. The summed E-state index contributed by atoms with van der Waals surface area (Å²) < 4.78 is 11.4. The standard InChI is InChI=1S/C21H24Cl2N2O3/c1-21(2,3)28-20(26)25-10-4-5-16(25)13-27-17-11-18(19(23)24-12-17)14-6-8-15(22)9-7-14/h6-9,11-12,16H,4-5,10,13H2,1-3H3/t16-/m0/s1. The minimum absolute atomic E-state index is 0.0236. The third-order valence-electron chi connectivity index (χ3n) is 4.42. The van der Waals surface area contributed by atoms with Crippen LogP contribution >= 0.6 is 23.2 Å². The van der Waals surface area contributed by atoms with Gasteiger partial charge in [0.1, 0.15) is 23.1 Å². The first-order valence-electron chi connectivity index (χ1n) is 9.27. The van der Waals surface area contributed by atoms with Gasteiger partial charge in [0, 0.05) is 17.1 Å². The molecule has 1 fully saturated rings. The first-order chi connectivity index (χ1) is 13.2. The van der Waals surface area contributed by atoms with Gasteiger partial charge in [0.2, 0.25) is 0 Å². The molecule has 1 aromatic heterocycles. The van der Waals surface area contributed by atoms with E-state index in [0.717, 1.165) is 24.0 Å². The predicted molar refractivity (Wildman–Crippen MR) is 111 cm³/mol. The number of rotatable bonds is 4. The van der Waals surface area contributed by atoms with Crippen LogP contribution in [0.25, 0.3) is 11.1 Å². The van der Waals surface area contributed by atoms with E-state index in [2.05, 4.69) is 4.98 Å². The van der Waals surface area contributed by atoms with Crippen molar-refractivity contribution in [3.63, 3.8) is 0 Å². The molecule has 5 nitrogen and oxygen atoms in total. The van der Waals surface area contributed by atoms with Crippen molar-refractivity contribution in [2.45, 2.75) is 45.3 Å². The number of likely N-dealkylation sites (tertiary alicyclic amines) is 1. The molecule has 0 spiro atoms. The molecule has 0 unspecified atom stereocenters. The number of benzene rings is 1. The van der Waals surface area contributed by atoms with Gasteiger partial charge in [-0.2, -0.15) is 0 Å². The van der Waals surface area contributed by atoms with Gasteiger partial charge < -0.3 is 14.4 Å². The molecule has 1 aliphatic rings. The van der Waals surface area contributed by atoms with Crippen LogP contribution in [0.4, 0.5) is 4.79 Å². The molecule has 0 bridgehead atoms. The number of ether oxygens (including phenoxy) is 2. The smallest absolute Gasteiger partial charge is 0.410 e. The first-order valence-corrected chi connectivity index (χ1v) is 10.0. The highest BCUT2D eigenvalue weighted by Gasteiger charge is 2.32. The highest BCUT2D eigenvalue weighted by molar-refractivity contribution is 6.32. The Morgan fingerprint density at radius 3 is 2.64 bits per heavy atom. The molecule has 2 heterocycles. The summed E-state index contributed by atoms with van der Waals surface area (Å²) in [5, 5.41) is 1.05. The SMILES string of the molecule is CC(C)(C)OC(=O)N1CCC[C@H]1COc1cnc(Cl)c(-c2ccc(Cl)cc2)c1. The number of amides is 1. The predicted octanol–water partition coefficient (Wildman–Crippen LogP) is 5.83. The summed E-state index contributed by atoms with van der Waals surface area (Å²) in [6.07, 6.45) is 3.11. The molecule has 1 aromatic carbocycles. The van der Waals surface area contributed by atoms with Gasteiger partial charge in [-0.1, -0.05) is 35.3 Å². The van der Waals surface area contributed by atoms with Crippen LogP contribution in [-0.4, -0.2) is 40.8 Å². The lowest BCUT2D eigenvalue weighted by Gasteiger charge is -2.28. The van der Waals surface area contributed by atoms with Gasteiger partial charge in [-0.15, -0.1) is 0 Å². The van der Waals surface area contributed by atoms with E-state index < -0.39 is 5.60 Å². The van der Waals surface area contributed by atoms with Crippen molar-refractivity contribution in [1.82, 2.24) is 9.88 Å². The van der Waals surface area contributed by atoms with Crippen LogP contribution in [-0.2, 0) is 4.74 Å². The van der Waals surface area contributed by atoms with E-state index in [1.54, 1.807) is 23.2 Å². The third-order valence-corrected chi connectivity index (χ3v) is 4.97. The van der Waals surface area contributed by atoms with Crippen molar-refractivity contribution in [2.75, 3.05) is 13.2 Å². The fourth-order valence-electron chi connectivity index (χ4n) is 3.10. The normalized spacial score (nSPS) is 16.9. The van der Waals surface area contributed by atoms with Crippen molar-refractivity contribution in [2.24, 2.45) is 0 Å². The monoisotopic (exact) mass is 422 g/mol. The van der Waals surface area contributed by atoms with E-state index in [0.29, 0.717) is 29.1 Å². The molecule has 1 atom stereocenters. The largest absolute Gasteiger partial charge is 0.490 e. The van der Waals surface area contributed by atoms with E-state index >= 15 is 0 Å². The number of pyridine rings is 1. The molecule has 0 saturated carbocycles. The van der Waals surface area contributed by atoms with Crippen molar-refractivity contribution in [3.8, 4) is 16.9 Å². The Bertz CT molecular complexity index is 835. The second-order valence-corrected chi connectivity index (χ2v) is 8.59. The van der Waals surface area contributed by atoms with Gasteiger partial charge in [0.25, 0.3) is 0 Å². The summed E-state index contributed by atoms with van der Waals surface area (Å²) in [7, 11) is 0. The Morgan fingerprint density at radius 2 is 1.96 bits per heavy atom. The Morgan fingerprint density at radius 1 is 1.25 bits per heavy atom. The maximum atomic E-state index is 12.4. The topological polar surface area (TPSA) is 51.7 Å². The van der Waals surface area contributed by atoms with Crippen LogP contribution in [0.5, 0.6) is 5.75 Å². The molecule has 0 aliphatic carbocycles. The van der Waals surface area contributed by atoms with Crippen LogP contribution in [0.2, 0.25) is 10.2 Å². The number of hydrogen-bond acceptors (Lipinski definition) is 4. The number of halogens is 2. The number of carbonyl (C=O) groups excluding carboxylic acids is 1. The van der Waals surface area contributed by atoms with Crippen LogP contribution in [0.1, 0.15) is 33.6 Å². The van der Waals surface area contributed by atoms with Crippen molar-refractivity contribution < 1.29 is 14.3 Å². The second-order valence-electron chi connectivity index (χ2n) is 7.80. The molecule has 0 radical (unpaired) electrons. The first kappa shape index (κ1) is 20.7. The van der Waals surface area contributed by atoms with E-state index in [1.807, 2.05) is 39.0 Å². The van der Waals surface area contributed by atoms with E-state index in [4.69, 9.17) is 32.7 Å². The lowest BCUT2D eigenvalue weighted by atomic mass is 10.1. The van der Waals surface area contributed by atoms with Gasteiger partial charge in [0.15, 0.2) is 0 Å². The Balaban J connectivity index is 1.68. The average Bonchev–Trinajstić information content (AvgIpc) is 3.09. The molecule has 1 amide bonds. The third kappa shape index (κ3) is 5.30. The number of nitrogens with zero attached hydrogens (tertiary/aromatic N) is 2. The lowest BCUT2D eigenvalue weighted by molar-refractivity contribution is 0.0187. The Labute approximate surface area is 175 Å². The minimum Gasteiger partial charge on any atom is -0.490 e. The average molecular weight is 423 g/mol. The van der Waals surface area contributed by atoms with E-state index in [-0.39, 0.29) is 12.1 Å². The number of carbonyl (C=O) groups is 1. The molecule has 1 aliphatic heterocycles. The van der Waals surface area contributed by atoms with Crippen molar-refractivity contribution in [3.05, 3.63) is 46.7 Å². The summed E-state index contributed by atoms with van der Waals surface area (Å²) in [5.74, 6) is 0.602.